The number of amides is 1. The molecule has 168 valence electrons. The van der Waals surface area contributed by atoms with Crippen LogP contribution >= 0.6 is 0 Å². The maximum Gasteiger partial charge on any atom is 0.573 e. The van der Waals surface area contributed by atoms with Gasteiger partial charge in [0.15, 0.2) is 0 Å². The van der Waals surface area contributed by atoms with Crippen molar-refractivity contribution in [3.8, 4) is 5.75 Å². The quantitative estimate of drug-likeness (QED) is 0.617. The minimum absolute atomic E-state index is 0.0175. The molecule has 1 aliphatic heterocycles. The molecule has 2 heterocycles. The molecule has 1 aromatic heterocycles. The Morgan fingerprint density at radius 2 is 1.81 bits per heavy atom. The van der Waals surface area contributed by atoms with Crippen LogP contribution in [0, 0.1) is 0 Å². The number of hydrogen-bond acceptors (Lipinski definition) is 5. The van der Waals surface area contributed by atoms with Crippen molar-refractivity contribution in [2.24, 2.45) is 0 Å². The normalized spacial score (nSPS) is 17.4. The lowest BCUT2D eigenvalue weighted by Gasteiger charge is -2.24. The summed E-state index contributed by atoms with van der Waals surface area (Å²) in [5.74, 6) is -0.993. The van der Waals surface area contributed by atoms with Gasteiger partial charge in [-0.25, -0.2) is 8.42 Å². The molecule has 7 nitrogen and oxygen atoms in total. The molecule has 0 radical (unpaired) electrons. The maximum absolute atomic E-state index is 13.4. The average molecular weight is 465 g/mol. The van der Waals surface area contributed by atoms with Gasteiger partial charge in [-0.2, -0.15) is 4.31 Å². The van der Waals surface area contributed by atoms with Crippen molar-refractivity contribution in [2.45, 2.75) is 30.1 Å². The number of para-hydroxylation sites is 1. The predicted molar refractivity (Wildman–Crippen MR) is 110 cm³/mol. The third kappa shape index (κ3) is 4.53. The van der Waals surface area contributed by atoms with Crippen molar-refractivity contribution in [3.63, 3.8) is 0 Å². The van der Waals surface area contributed by atoms with Gasteiger partial charge in [-0.3, -0.25) is 9.78 Å². The van der Waals surface area contributed by atoms with E-state index in [0.29, 0.717) is 23.7 Å². The Morgan fingerprint density at radius 3 is 2.53 bits per heavy atom. The number of sulfonamides is 1. The van der Waals surface area contributed by atoms with E-state index in [4.69, 9.17) is 0 Å². The standard InChI is InChI=1S/C21H18F3N3O4S/c22-21(23,24)31-16-10-8-15(9-11-16)26-20(28)17-6-3-13-27(17)32(29,30)18-7-1-4-14-5-2-12-25-19(14)18/h1-2,4-5,7-12,17H,3,6,13H2,(H,26,28)/t17-/m0/s1. The fourth-order valence-electron chi connectivity index (χ4n) is 3.67. The molecule has 0 bridgehead atoms. The summed E-state index contributed by atoms with van der Waals surface area (Å²) in [5, 5.41) is 3.23. The van der Waals surface area contributed by atoms with Crippen LogP contribution in [0.3, 0.4) is 0 Å². The number of rotatable bonds is 5. The van der Waals surface area contributed by atoms with Crippen LogP contribution in [-0.2, 0) is 14.8 Å². The molecule has 0 unspecified atom stereocenters. The first-order chi connectivity index (χ1) is 15.1. The number of benzene rings is 2. The largest absolute Gasteiger partial charge is 0.573 e. The number of fused-ring (bicyclic) bond motifs is 1. The molecule has 1 atom stereocenters. The van der Waals surface area contributed by atoms with E-state index in [1.54, 1.807) is 24.3 Å². The molecule has 1 fully saturated rings. The second-order valence-electron chi connectivity index (χ2n) is 7.17. The van der Waals surface area contributed by atoms with E-state index < -0.39 is 34.1 Å². The van der Waals surface area contributed by atoms with E-state index in [1.807, 2.05) is 0 Å². The zero-order valence-electron chi connectivity index (χ0n) is 16.5. The molecule has 1 amide bonds. The fraction of sp³-hybridized carbons (Fsp3) is 0.238. The SMILES string of the molecule is O=C(Nc1ccc(OC(F)(F)F)cc1)[C@@H]1CCCN1S(=O)(=O)c1cccc2cccnc12. The number of pyridine rings is 1. The van der Waals surface area contributed by atoms with E-state index in [-0.39, 0.29) is 17.1 Å². The van der Waals surface area contributed by atoms with Crippen molar-refractivity contribution < 1.29 is 31.1 Å². The van der Waals surface area contributed by atoms with Crippen LogP contribution < -0.4 is 10.1 Å². The minimum atomic E-state index is -4.82. The van der Waals surface area contributed by atoms with E-state index in [0.717, 1.165) is 16.4 Å². The van der Waals surface area contributed by atoms with Gasteiger partial charge in [0.05, 0.1) is 5.52 Å². The molecule has 2 aromatic carbocycles. The number of alkyl halides is 3. The number of anilines is 1. The molecule has 0 aliphatic carbocycles. The topological polar surface area (TPSA) is 88.6 Å². The van der Waals surface area contributed by atoms with Crippen LogP contribution in [0.2, 0.25) is 0 Å². The summed E-state index contributed by atoms with van der Waals surface area (Å²) in [5.41, 5.74) is 0.543. The van der Waals surface area contributed by atoms with Gasteiger partial charge in [0.25, 0.3) is 0 Å². The molecule has 1 aliphatic rings. The van der Waals surface area contributed by atoms with Gasteiger partial charge in [0, 0.05) is 23.8 Å². The van der Waals surface area contributed by atoms with E-state index in [2.05, 4.69) is 15.0 Å². The molecule has 1 N–H and O–H groups in total. The lowest BCUT2D eigenvalue weighted by atomic mass is 10.2. The lowest BCUT2D eigenvalue weighted by molar-refractivity contribution is -0.274. The number of nitrogens with zero attached hydrogens (tertiary/aromatic N) is 2. The molecule has 4 rings (SSSR count). The summed E-state index contributed by atoms with van der Waals surface area (Å²) < 4.78 is 68.6. The number of hydrogen-bond donors (Lipinski definition) is 1. The highest BCUT2D eigenvalue weighted by Crippen LogP contribution is 2.30. The second kappa shape index (κ2) is 8.40. The number of aromatic nitrogens is 1. The van der Waals surface area contributed by atoms with Crippen molar-refractivity contribution in [2.75, 3.05) is 11.9 Å². The first-order valence-electron chi connectivity index (χ1n) is 9.67. The van der Waals surface area contributed by atoms with Gasteiger partial charge >= 0.3 is 6.36 Å². The first-order valence-corrected chi connectivity index (χ1v) is 11.1. The fourth-order valence-corrected chi connectivity index (χ4v) is 5.49. The third-order valence-corrected chi connectivity index (χ3v) is 6.98. The van der Waals surface area contributed by atoms with Gasteiger partial charge in [0.2, 0.25) is 15.9 Å². The van der Waals surface area contributed by atoms with E-state index in [1.165, 1.54) is 24.4 Å². The Morgan fingerprint density at radius 1 is 1.09 bits per heavy atom. The number of carbonyl (C=O) groups excluding carboxylic acids is 1. The van der Waals surface area contributed by atoms with Gasteiger partial charge in [-0.05, 0) is 49.2 Å². The highest BCUT2D eigenvalue weighted by molar-refractivity contribution is 7.89. The van der Waals surface area contributed by atoms with Crippen LogP contribution in [0.4, 0.5) is 18.9 Å². The van der Waals surface area contributed by atoms with Gasteiger partial charge < -0.3 is 10.1 Å². The molecule has 0 saturated carbocycles. The van der Waals surface area contributed by atoms with E-state index in [9.17, 15) is 26.4 Å². The molecule has 32 heavy (non-hydrogen) atoms. The van der Waals surface area contributed by atoms with Crippen molar-refractivity contribution >= 4 is 32.5 Å². The highest BCUT2D eigenvalue weighted by Gasteiger charge is 2.40. The third-order valence-electron chi connectivity index (χ3n) is 5.04. The van der Waals surface area contributed by atoms with Crippen LogP contribution in [0.25, 0.3) is 10.9 Å². The van der Waals surface area contributed by atoms with Gasteiger partial charge in [0.1, 0.15) is 16.7 Å². The minimum Gasteiger partial charge on any atom is -0.406 e. The highest BCUT2D eigenvalue weighted by atomic mass is 32.2. The van der Waals surface area contributed by atoms with Gasteiger partial charge in [-0.1, -0.05) is 18.2 Å². The zero-order chi connectivity index (χ0) is 22.9. The Bertz CT molecular complexity index is 1240. The Hall–Kier alpha value is -3.18. The van der Waals surface area contributed by atoms with Crippen LogP contribution in [0.15, 0.2) is 65.7 Å². The van der Waals surface area contributed by atoms with Crippen LogP contribution in [0.5, 0.6) is 5.75 Å². The summed E-state index contributed by atoms with van der Waals surface area (Å²) in [6, 6.07) is 12.0. The maximum atomic E-state index is 13.4. The van der Waals surface area contributed by atoms with Crippen LogP contribution in [-0.4, -0.2) is 42.6 Å². The Balaban J connectivity index is 1.55. The summed E-state index contributed by atoms with van der Waals surface area (Å²) in [4.78, 5) is 17.0. The van der Waals surface area contributed by atoms with Crippen molar-refractivity contribution in [1.82, 2.24) is 9.29 Å². The van der Waals surface area contributed by atoms with E-state index >= 15 is 0 Å². The Kier molecular flexibility index (Phi) is 5.78. The number of nitrogens with one attached hydrogen (secondary N) is 1. The molecule has 0 spiro atoms. The monoisotopic (exact) mass is 465 g/mol. The smallest absolute Gasteiger partial charge is 0.406 e. The molecule has 1 saturated heterocycles. The zero-order valence-corrected chi connectivity index (χ0v) is 17.4. The van der Waals surface area contributed by atoms with Crippen LogP contribution in [0.1, 0.15) is 12.8 Å². The second-order valence-corrected chi connectivity index (χ2v) is 9.03. The summed E-state index contributed by atoms with van der Waals surface area (Å²) in [6.07, 6.45) is -2.51. The number of halogens is 3. The average Bonchev–Trinajstić information content (AvgIpc) is 3.25. The number of carbonyl (C=O) groups is 1. The number of ether oxygens (including phenoxy) is 1. The lowest BCUT2D eigenvalue weighted by Crippen LogP contribution is -2.43. The molecular weight excluding hydrogens is 447 g/mol. The van der Waals surface area contributed by atoms with Crippen molar-refractivity contribution in [3.05, 3.63) is 60.8 Å². The van der Waals surface area contributed by atoms with Crippen molar-refractivity contribution in [1.29, 1.82) is 0 Å². The summed E-state index contributed by atoms with van der Waals surface area (Å²) >= 11 is 0. The predicted octanol–water partition coefficient (Wildman–Crippen LogP) is 3.93. The summed E-state index contributed by atoms with van der Waals surface area (Å²) in [7, 11) is -4.01. The summed E-state index contributed by atoms with van der Waals surface area (Å²) in [6.45, 7) is 0.169. The first kappa shape index (κ1) is 22.0. The molecule has 3 aromatic rings. The van der Waals surface area contributed by atoms with Gasteiger partial charge in [-0.15, -0.1) is 13.2 Å². The Labute approximate surface area is 181 Å². The molecular formula is C21H18F3N3O4S. The molecule has 11 heteroatoms.